The molecular formula is C24H39BN2O5. The predicted molar refractivity (Wildman–Crippen MR) is 121 cm³/mol. The Morgan fingerprint density at radius 2 is 1.75 bits per heavy atom. The van der Waals surface area contributed by atoms with Gasteiger partial charge in [0.05, 0.1) is 17.6 Å². The zero-order valence-corrected chi connectivity index (χ0v) is 20.6. The molecule has 6 atom stereocenters. The molecule has 0 radical (unpaired) electrons. The number of nitrogens with zero attached hydrogens (tertiary/aromatic N) is 2. The molecule has 6 fully saturated rings. The van der Waals surface area contributed by atoms with E-state index in [1.807, 2.05) is 25.7 Å². The Labute approximate surface area is 192 Å². The average Bonchev–Trinajstić information content (AvgIpc) is 3.42. The molecule has 3 aliphatic carbocycles. The Bertz CT molecular complexity index is 798. The second-order valence-electron chi connectivity index (χ2n) is 12.5. The van der Waals surface area contributed by atoms with E-state index < -0.39 is 17.7 Å². The molecule has 3 saturated carbocycles. The molecular weight excluding hydrogens is 407 g/mol. The number of carbonyl (C=O) groups excluding carboxylic acids is 2. The van der Waals surface area contributed by atoms with E-state index in [0.717, 1.165) is 25.7 Å². The van der Waals surface area contributed by atoms with Crippen LogP contribution in [0.4, 0.5) is 4.79 Å². The second kappa shape index (κ2) is 7.36. The standard InChI is InChI=1S/C24H39BN2O5/c1-22(2,3)30-21(29)26-11-7-9-17(26)20(28)27-12-8-10-18(27)25-31-19-16-13-15(23(16,4)5)14-24(19,6)32-25/h15-19H,7-14H2,1-6H3/t15?,16?,17-,18-,19?,24?/m0/s1. The Balaban J connectivity index is 1.29. The van der Waals surface area contributed by atoms with Gasteiger partial charge in [0.15, 0.2) is 0 Å². The summed E-state index contributed by atoms with van der Waals surface area (Å²) in [5, 5.41) is 0. The highest BCUT2D eigenvalue weighted by molar-refractivity contribution is 6.48. The predicted octanol–water partition coefficient (Wildman–Crippen LogP) is 3.64. The van der Waals surface area contributed by atoms with E-state index >= 15 is 0 Å². The van der Waals surface area contributed by atoms with Crippen LogP contribution < -0.4 is 0 Å². The van der Waals surface area contributed by atoms with Crippen molar-refractivity contribution in [1.29, 1.82) is 0 Å². The van der Waals surface area contributed by atoms with Crippen molar-refractivity contribution in [3.8, 4) is 0 Å². The number of hydrogen-bond donors (Lipinski definition) is 0. The van der Waals surface area contributed by atoms with E-state index in [4.69, 9.17) is 14.0 Å². The fourth-order valence-corrected chi connectivity index (χ4v) is 7.01. The lowest BCUT2D eigenvalue weighted by Gasteiger charge is -2.63. The van der Waals surface area contributed by atoms with Crippen molar-refractivity contribution in [2.45, 2.75) is 109 Å². The highest BCUT2D eigenvalue weighted by atomic mass is 16.7. The molecule has 32 heavy (non-hydrogen) atoms. The van der Waals surface area contributed by atoms with Crippen LogP contribution in [-0.4, -0.2) is 71.3 Å². The van der Waals surface area contributed by atoms with Gasteiger partial charge in [-0.15, -0.1) is 0 Å². The minimum atomic E-state index is -0.574. The van der Waals surface area contributed by atoms with Crippen LogP contribution in [-0.2, 0) is 18.8 Å². The molecule has 0 aromatic rings. The third kappa shape index (κ3) is 3.47. The van der Waals surface area contributed by atoms with Gasteiger partial charge in [0, 0.05) is 13.1 Å². The minimum absolute atomic E-state index is 0.0210. The van der Waals surface area contributed by atoms with Gasteiger partial charge in [-0.25, -0.2) is 4.79 Å². The summed E-state index contributed by atoms with van der Waals surface area (Å²) < 4.78 is 18.8. The SMILES string of the molecule is CC(C)(C)OC(=O)N1CCC[C@H]1C(=O)N1CCC[C@H]1B1OC2C3CC(CC2(C)O1)C3(C)C. The zero-order valence-electron chi connectivity index (χ0n) is 20.6. The molecule has 2 bridgehead atoms. The van der Waals surface area contributed by atoms with Crippen LogP contribution in [0.3, 0.4) is 0 Å². The first-order valence-corrected chi connectivity index (χ1v) is 12.5. The summed E-state index contributed by atoms with van der Waals surface area (Å²) in [5.41, 5.74) is -0.512. The van der Waals surface area contributed by atoms with Gasteiger partial charge in [-0.05, 0) is 83.5 Å². The maximum atomic E-state index is 13.6. The quantitative estimate of drug-likeness (QED) is 0.606. The fourth-order valence-electron chi connectivity index (χ4n) is 7.01. The lowest BCUT2D eigenvalue weighted by atomic mass is 9.45. The summed E-state index contributed by atoms with van der Waals surface area (Å²) in [6.45, 7) is 13.8. The van der Waals surface area contributed by atoms with Crippen LogP contribution >= 0.6 is 0 Å². The molecule has 2 amide bonds. The van der Waals surface area contributed by atoms with Crippen LogP contribution in [0.2, 0.25) is 0 Å². The molecule has 8 heteroatoms. The first-order chi connectivity index (χ1) is 14.9. The highest BCUT2D eigenvalue weighted by Crippen LogP contribution is 2.64. The van der Waals surface area contributed by atoms with Crippen molar-refractivity contribution in [1.82, 2.24) is 9.80 Å². The summed E-state index contributed by atoms with van der Waals surface area (Å²) in [7, 11) is -0.372. The minimum Gasteiger partial charge on any atom is -0.444 e. The van der Waals surface area contributed by atoms with Crippen molar-refractivity contribution < 1.29 is 23.6 Å². The summed E-state index contributed by atoms with van der Waals surface area (Å²) in [6.07, 6.45) is 5.31. The first kappa shape index (κ1) is 22.5. The van der Waals surface area contributed by atoms with Gasteiger partial charge in [0.25, 0.3) is 0 Å². The van der Waals surface area contributed by atoms with Crippen LogP contribution in [0.25, 0.3) is 0 Å². The van der Waals surface area contributed by atoms with Crippen LogP contribution in [0.5, 0.6) is 0 Å². The monoisotopic (exact) mass is 446 g/mol. The smallest absolute Gasteiger partial charge is 0.444 e. The first-order valence-electron chi connectivity index (χ1n) is 12.5. The third-order valence-corrected chi connectivity index (χ3v) is 8.89. The van der Waals surface area contributed by atoms with Gasteiger partial charge < -0.3 is 18.9 Å². The maximum Gasteiger partial charge on any atom is 0.481 e. The fraction of sp³-hybridized carbons (Fsp3) is 0.917. The summed E-state index contributed by atoms with van der Waals surface area (Å²) in [5.74, 6) is 1.16. The molecule has 4 unspecified atom stereocenters. The molecule has 3 heterocycles. The van der Waals surface area contributed by atoms with Crippen LogP contribution in [0.15, 0.2) is 0 Å². The summed E-state index contributed by atoms with van der Waals surface area (Å²) in [4.78, 5) is 29.9. The van der Waals surface area contributed by atoms with E-state index in [-0.39, 0.29) is 30.7 Å². The van der Waals surface area contributed by atoms with Crippen molar-refractivity contribution in [3.05, 3.63) is 0 Å². The Hall–Kier alpha value is -1.28. The number of hydrogen-bond acceptors (Lipinski definition) is 5. The molecule has 3 saturated heterocycles. The number of rotatable bonds is 2. The molecule has 6 rings (SSSR count). The molecule has 0 N–H and O–H groups in total. The lowest BCUT2D eigenvalue weighted by molar-refractivity contribution is -0.185. The van der Waals surface area contributed by atoms with E-state index in [1.54, 1.807) is 4.90 Å². The lowest BCUT2D eigenvalue weighted by Crippen LogP contribution is -2.63. The number of ether oxygens (including phenoxy) is 1. The summed E-state index contributed by atoms with van der Waals surface area (Å²) in [6, 6.07) is -0.448. The zero-order chi connectivity index (χ0) is 23.1. The largest absolute Gasteiger partial charge is 0.481 e. The van der Waals surface area contributed by atoms with Crippen molar-refractivity contribution in [2.75, 3.05) is 13.1 Å². The topological polar surface area (TPSA) is 68.3 Å². The van der Waals surface area contributed by atoms with Crippen LogP contribution in [0, 0.1) is 17.3 Å². The van der Waals surface area contributed by atoms with Gasteiger partial charge in [-0.2, -0.15) is 0 Å². The van der Waals surface area contributed by atoms with Gasteiger partial charge in [-0.3, -0.25) is 9.69 Å². The average molecular weight is 446 g/mol. The number of carbonyl (C=O) groups is 2. The maximum absolute atomic E-state index is 13.6. The summed E-state index contributed by atoms with van der Waals surface area (Å²) >= 11 is 0. The molecule has 0 aromatic carbocycles. The molecule has 6 aliphatic rings. The van der Waals surface area contributed by atoms with Crippen LogP contribution in [0.1, 0.15) is 80.1 Å². The Kier molecular flexibility index (Phi) is 5.18. The van der Waals surface area contributed by atoms with E-state index in [1.165, 1.54) is 6.42 Å². The van der Waals surface area contributed by atoms with Crippen molar-refractivity contribution in [2.24, 2.45) is 17.3 Å². The molecule has 0 aromatic heterocycles. The van der Waals surface area contributed by atoms with Crippen molar-refractivity contribution in [3.63, 3.8) is 0 Å². The van der Waals surface area contributed by atoms with Crippen molar-refractivity contribution >= 4 is 19.1 Å². The van der Waals surface area contributed by atoms with Gasteiger partial charge in [0.1, 0.15) is 11.6 Å². The third-order valence-electron chi connectivity index (χ3n) is 8.89. The second-order valence-corrected chi connectivity index (χ2v) is 12.5. The number of amides is 2. The molecule has 178 valence electrons. The molecule has 3 aliphatic heterocycles. The number of likely N-dealkylation sites (tertiary alicyclic amines) is 2. The van der Waals surface area contributed by atoms with E-state index in [0.29, 0.717) is 36.8 Å². The highest BCUT2D eigenvalue weighted by Gasteiger charge is 2.68. The van der Waals surface area contributed by atoms with Gasteiger partial charge in [-0.1, -0.05) is 13.8 Å². The molecule has 7 nitrogen and oxygen atoms in total. The Morgan fingerprint density at radius 1 is 1.06 bits per heavy atom. The van der Waals surface area contributed by atoms with E-state index in [9.17, 15) is 9.59 Å². The normalized spacial score (nSPS) is 40.3. The molecule has 0 spiro atoms. The van der Waals surface area contributed by atoms with E-state index in [2.05, 4.69) is 20.8 Å². The van der Waals surface area contributed by atoms with Gasteiger partial charge >= 0.3 is 13.2 Å². The van der Waals surface area contributed by atoms with Gasteiger partial charge in [0.2, 0.25) is 5.91 Å². The Morgan fingerprint density at radius 3 is 2.44 bits per heavy atom.